The summed E-state index contributed by atoms with van der Waals surface area (Å²) >= 11 is 1.61. The number of thiazole rings is 1. The van der Waals surface area contributed by atoms with Crippen molar-refractivity contribution in [3.8, 4) is 0 Å². The topological polar surface area (TPSA) is 71.5 Å². The minimum Gasteiger partial charge on any atom is -0.465 e. The smallest absolute Gasteiger partial charge is 0.325 e. The molecule has 1 aromatic rings. The Labute approximate surface area is 142 Å². The van der Waals surface area contributed by atoms with Gasteiger partial charge in [0.15, 0.2) is 0 Å². The van der Waals surface area contributed by atoms with E-state index < -0.39 is 5.97 Å². The molecule has 0 aromatic carbocycles. The summed E-state index contributed by atoms with van der Waals surface area (Å²) in [5, 5.41) is 5.66. The Morgan fingerprint density at radius 3 is 2.57 bits per heavy atom. The number of esters is 1. The van der Waals surface area contributed by atoms with E-state index in [9.17, 15) is 9.59 Å². The first-order valence-corrected chi connectivity index (χ1v) is 8.84. The van der Waals surface area contributed by atoms with Gasteiger partial charge in [0, 0.05) is 17.8 Å². The van der Waals surface area contributed by atoms with Gasteiger partial charge in [-0.05, 0) is 12.8 Å². The van der Waals surface area contributed by atoms with Crippen LogP contribution in [0.25, 0.3) is 0 Å². The second-order valence-electron chi connectivity index (χ2n) is 6.07. The van der Waals surface area contributed by atoms with Crippen LogP contribution in [-0.4, -0.2) is 41.6 Å². The molecule has 0 aliphatic heterocycles. The van der Waals surface area contributed by atoms with Gasteiger partial charge < -0.3 is 15.0 Å². The molecular weight excluding hydrogens is 314 g/mol. The molecule has 1 rings (SSSR count). The highest BCUT2D eigenvalue weighted by atomic mass is 32.1. The summed E-state index contributed by atoms with van der Waals surface area (Å²) in [5.41, 5.74) is 0.880. The Morgan fingerprint density at radius 1 is 1.35 bits per heavy atom. The average molecular weight is 341 g/mol. The first-order chi connectivity index (χ1) is 10.8. The highest BCUT2D eigenvalue weighted by Crippen LogP contribution is 2.20. The van der Waals surface area contributed by atoms with E-state index in [1.54, 1.807) is 23.2 Å². The van der Waals surface area contributed by atoms with Crippen LogP contribution in [0.4, 0.5) is 4.79 Å². The molecule has 7 heteroatoms. The number of carbonyl (C=O) groups is 2. The van der Waals surface area contributed by atoms with E-state index in [0.29, 0.717) is 31.5 Å². The standard InChI is InChI=1S/C16H27N3O3S/c1-6-22-14(20)7-17-16(21)19(8-11(2)3)9-13-10-23-15(18-13)12(4)5/h10-12H,6-9H2,1-5H3,(H,17,21). The predicted octanol–water partition coefficient (Wildman–Crippen LogP) is 3.00. The molecule has 1 heterocycles. The van der Waals surface area contributed by atoms with E-state index in [1.807, 2.05) is 19.2 Å². The molecule has 23 heavy (non-hydrogen) atoms. The normalized spacial score (nSPS) is 10.9. The molecule has 0 saturated heterocycles. The van der Waals surface area contributed by atoms with Gasteiger partial charge in [0.05, 0.1) is 23.9 Å². The number of carbonyl (C=O) groups excluding carboxylic acids is 2. The summed E-state index contributed by atoms with van der Waals surface area (Å²) in [4.78, 5) is 29.9. The van der Waals surface area contributed by atoms with E-state index in [4.69, 9.17) is 4.74 Å². The van der Waals surface area contributed by atoms with E-state index in [2.05, 4.69) is 24.1 Å². The average Bonchev–Trinajstić information content (AvgIpc) is 2.92. The molecule has 0 unspecified atom stereocenters. The molecule has 0 radical (unpaired) electrons. The first-order valence-electron chi connectivity index (χ1n) is 7.96. The second-order valence-corrected chi connectivity index (χ2v) is 6.96. The minimum absolute atomic E-state index is 0.115. The lowest BCUT2D eigenvalue weighted by Crippen LogP contribution is -2.43. The maximum atomic E-state index is 12.3. The zero-order chi connectivity index (χ0) is 17.4. The Morgan fingerprint density at radius 2 is 2.04 bits per heavy atom. The van der Waals surface area contributed by atoms with Crippen LogP contribution in [0.5, 0.6) is 0 Å². The zero-order valence-electron chi connectivity index (χ0n) is 14.6. The zero-order valence-corrected chi connectivity index (χ0v) is 15.4. The quantitative estimate of drug-likeness (QED) is 0.738. The fraction of sp³-hybridized carbons (Fsp3) is 0.688. The van der Waals surface area contributed by atoms with Gasteiger partial charge in [0.2, 0.25) is 0 Å². The van der Waals surface area contributed by atoms with Gasteiger partial charge in [-0.15, -0.1) is 11.3 Å². The number of amides is 2. The van der Waals surface area contributed by atoms with E-state index in [-0.39, 0.29) is 12.6 Å². The van der Waals surface area contributed by atoms with Crippen molar-refractivity contribution in [3.63, 3.8) is 0 Å². The Bertz CT molecular complexity index is 514. The molecule has 0 fully saturated rings. The molecule has 0 aliphatic rings. The highest BCUT2D eigenvalue weighted by Gasteiger charge is 2.18. The molecule has 1 N–H and O–H groups in total. The summed E-state index contributed by atoms with van der Waals surface area (Å²) in [6.07, 6.45) is 0. The number of nitrogens with one attached hydrogen (secondary N) is 1. The lowest BCUT2D eigenvalue weighted by atomic mass is 10.2. The highest BCUT2D eigenvalue weighted by molar-refractivity contribution is 7.09. The third-order valence-electron chi connectivity index (χ3n) is 2.98. The molecule has 6 nitrogen and oxygen atoms in total. The van der Waals surface area contributed by atoms with Crippen LogP contribution >= 0.6 is 11.3 Å². The van der Waals surface area contributed by atoms with E-state index in [0.717, 1.165) is 10.7 Å². The molecular formula is C16H27N3O3S. The lowest BCUT2D eigenvalue weighted by Gasteiger charge is -2.24. The van der Waals surface area contributed by atoms with Crippen molar-refractivity contribution in [1.29, 1.82) is 0 Å². The second kappa shape index (κ2) is 9.50. The van der Waals surface area contributed by atoms with Gasteiger partial charge in [0.25, 0.3) is 0 Å². The maximum absolute atomic E-state index is 12.3. The van der Waals surface area contributed by atoms with Gasteiger partial charge in [-0.2, -0.15) is 0 Å². The van der Waals surface area contributed by atoms with Gasteiger partial charge in [-0.25, -0.2) is 9.78 Å². The molecule has 0 bridgehead atoms. The Kier molecular flexibility index (Phi) is 8.02. The number of ether oxygens (including phenoxy) is 1. The van der Waals surface area contributed by atoms with E-state index in [1.165, 1.54) is 0 Å². The number of rotatable bonds is 8. The minimum atomic E-state index is -0.430. The lowest BCUT2D eigenvalue weighted by molar-refractivity contribution is -0.141. The fourth-order valence-electron chi connectivity index (χ4n) is 1.99. The number of hydrogen-bond acceptors (Lipinski definition) is 5. The van der Waals surface area contributed by atoms with Crippen molar-refractivity contribution < 1.29 is 14.3 Å². The number of urea groups is 1. The van der Waals surface area contributed by atoms with Gasteiger partial charge >= 0.3 is 12.0 Å². The number of aromatic nitrogens is 1. The Balaban J connectivity index is 2.66. The van der Waals surface area contributed by atoms with Crippen molar-refractivity contribution in [2.75, 3.05) is 19.7 Å². The number of hydrogen-bond donors (Lipinski definition) is 1. The molecule has 2 amide bonds. The summed E-state index contributed by atoms with van der Waals surface area (Å²) in [7, 11) is 0. The van der Waals surface area contributed by atoms with Crippen LogP contribution in [0, 0.1) is 5.92 Å². The maximum Gasteiger partial charge on any atom is 0.325 e. The first kappa shape index (κ1) is 19.4. The van der Waals surface area contributed by atoms with Crippen molar-refractivity contribution in [1.82, 2.24) is 15.2 Å². The third kappa shape index (κ3) is 6.99. The SMILES string of the molecule is CCOC(=O)CNC(=O)N(Cc1csc(C(C)C)n1)CC(C)C. The Hall–Kier alpha value is -1.63. The number of nitrogens with zero attached hydrogens (tertiary/aromatic N) is 2. The van der Waals surface area contributed by atoms with Crippen LogP contribution in [0.2, 0.25) is 0 Å². The largest absolute Gasteiger partial charge is 0.465 e. The third-order valence-corrected chi connectivity index (χ3v) is 4.17. The van der Waals surface area contributed by atoms with Crippen molar-refractivity contribution >= 4 is 23.3 Å². The van der Waals surface area contributed by atoms with Crippen molar-refractivity contribution in [3.05, 3.63) is 16.1 Å². The summed E-state index contributed by atoms with van der Waals surface area (Å²) < 4.78 is 4.82. The van der Waals surface area contributed by atoms with Gasteiger partial charge in [-0.1, -0.05) is 27.7 Å². The van der Waals surface area contributed by atoms with Crippen LogP contribution < -0.4 is 5.32 Å². The van der Waals surface area contributed by atoms with Crippen LogP contribution in [-0.2, 0) is 16.1 Å². The molecule has 0 aliphatic carbocycles. The van der Waals surface area contributed by atoms with Crippen LogP contribution in [0.3, 0.4) is 0 Å². The van der Waals surface area contributed by atoms with Gasteiger partial charge in [-0.3, -0.25) is 4.79 Å². The van der Waals surface area contributed by atoms with Crippen LogP contribution in [0.1, 0.15) is 51.2 Å². The molecule has 0 atom stereocenters. The predicted molar refractivity (Wildman–Crippen MR) is 91.5 cm³/mol. The summed E-state index contributed by atoms with van der Waals surface area (Å²) in [6.45, 7) is 11.3. The summed E-state index contributed by atoms with van der Waals surface area (Å²) in [6, 6.07) is -0.272. The fourth-order valence-corrected chi connectivity index (χ4v) is 2.81. The molecule has 130 valence electrons. The van der Waals surface area contributed by atoms with Crippen LogP contribution in [0.15, 0.2) is 5.38 Å². The van der Waals surface area contributed by atoms with E-state index >= 15 is 0 Å². The van der Waals surface area contributed by atoms with Gasteiger partial charge in [0.1, 0.15) is 6.54 Å². The molecule has 0 spiro atoms. The van der Waals surface area contributed by atoms with Crippen molar-refractivity contribution in [2.24, 2.45) is 5.92 Å². The monoisotopic (exact) mass is 341 g/mol. The summed E-state index contributed by atoms with van der Waals surface area (Å²) in [5.74, 6) is 0.276. The van der Waals surface area contributed by atoms with Crippen molar-refractivity contribution in [2.45, 2.75) is 47.1 Å². The molecule has 1 aromatic heterocycles. The molecule has 0 saturated carbocycles.